The second-order valence-corrected chi connectivity index (χ2v) is 6.57. The molecular weight excluding hydrogens is 354 g/mol. The van der Waals surface area contributed by atoms with Gasteiger partial charge in [0.05, 0.1) is 23.9 Å². The Hall–Kier alpha value is -3.55. The third kappa shape index (κ3) is 3.48. The monoisotopic (exact) mass is 377 g/mol. The number of nitrogens with zero attached hydrogens (tertiary/aromatic N) is 4. The van der Waals surface area contributed by atoms with Crippen LogP contribution in [0.5, 0.6) is 0 Å². The molecule has 0 atom stereocenters. The highest BCUT2D eigenvalue weighted by molar-refractivity contribution is 5.94. The molecule has 4 rings (SSSR count). The van der Waals surface area contributed by atoms with Crippen molar-refractivity contribution in [2.24, 2.45) is 7.05 Å². The number of hydrogen-bond donors (Lipinski definition) is 3. The number of aryl methyl sites for hydroxylation is 1. The summed E-state index contributed by atoms with van der Waals surface area (Å²) in [4.78, 5) is 4.38. The molecule has 0 aliphatic heterocycles. The molecule has 3 aromatic heterocycles. The standard InChI is InChI=1S/C20H23N7O/c1-13(28-3)6-4-11-22-19-15-9-8-14(12-17(15)27(2)26-19)23-20-18-16(24-25-20)7-5-10-21-18/h5,7-10,12H,1,4,6,11H2,2-3H3,(H,22,26)(H2,23,24,25). The fourth-order valence-electron chi connectivity index (χ4n) is 3.14. The van der Waals surface area contributed by atoms with E-state index in [1.807, 2.05) is 29.9 Å². The summed E-state index contributed by atoms with van der Waals surface area (Å²) in [5, 5.41) is 19.7. The SMILES string of the molecule is C=C(CCCNc1nn(C)c2cc(Nc3n[nH]c4cccnc34)ccc12)OC. The minimum atomic E-state index is 0.703. The lowest BCUT2D eigenvalue weighted by Gasteiger charge is -2.06. The molecule has 0 unspecified atom stereocenters. The van der Waals surface area contributed by atoms with Crippen LogP contribution < -0.4 is 10.6 Å². The van der Waals surface area contributed by atoms with Crippen LogP contribution in [-0.4, -0.2) is 38.6 Å². The van der Waals surface area contributed by atoms with Gasteiger partial charge < -0.3 is 15.4 Å². The zero-order valence-electron chi connectivity index (χ0n) is 16.0. The molecule has 0 spiro atoms. The molecule has 0 bridgehead atoms. The number of aromatic amines is 1. The predicted molar refractivity (Wildman–Crippen MR) is 112 cm³/mol. The Labute approximate surface area is 162 Å². The van der Waals surface area contributed by atoms with E-state index in [9.17, 15) is 0 Å². The Morgan fingerprint density at radius 3 is 3.04 bits per heavy atom. The number of benzene rings is 1. The first-order valence-electron chi connectivity index (χ1n) is 9.14. The highest BCUT2D eigenvalue weighted by atomic mass is 16.5. The van der Waals surface area contributed by atoms with Gasteiger partial charge in [0.15, 0.2) is 11.6 Å². The van der Waals surface area contributed by atoms with E-state index in [1.165, 1.54) is 0 Å². The first-order valence-corrected chi connectivity index (χ1v) is 9.14. The third-order valence-electron chi connectivity index (χ3n) is 4.65. The summed E-state index contributed by atoms with van der Waals surface area (Å²) in [6.07, 6.45) is 3.52. The minimum absolute atomic E-state index is 0.703. The lowest BCUT2D eigenvalue weighted by molar-refractivity contribution is 0.278. The number of pyridine rings is 1. The second kappa shape index (κ2) is 7.59. The van der Waals surface area contributed by atoms with E-state index in [0.717, 1.165) is 58.6 Å². The number of anilines is 3. The molecule has 28 heavy (non-hydrogen) atoms. The van der Waals surface area contributed by atoms with Crippen molar-refractivity contribution in [3.05, 3.63) is 48.9 Å². The average molecular weight is 377 g/mol. The lowest BCUT2D eigenvalue weighted by Crippen LogP contribution is -2.03. The Kier molecular flexibility index (Phi) is 4.84. The van der Waals surface area contributed by atoms with Crippen LogP contribution in [0.25, 0.3) is 21.9 Å². The number of rotatable bonds is 8. The Morgan fingerprint density at radius 1 is 1.29 bits per heavy atom. The molecule has 1 aromatic carbocycles. The molecule has 4 aromatic rings. The van der Waals surface area contributed by atoms with Gasteiger partial charge in [-0.1, -0.05) is 6.58 Å². The number of aromatic nitrogens is 5. The van der Waals surface area contributed by atoms with Crippen LogP contribution in [0.4, 0.5) is 17.3 Å². The fraction of sp³-hybridized carbons (Fsp3) is 0.250. The highest BCUT2D eigenvalue weighted by Gasteiger charge is 2.11. The van der Waals surface area contributed by atoms with Crippen LogP contribution in [0.1, 0.15) is 12.8 Å². The van der Waals surface area contributed by atoms with Gasteiger partial charge in [0.2, 0.25) is 0 Å². The van der Waals surface area contributed by atoms with Crippen LogP contribution in [0.2, 0.25) is 0 Å². The van der Waals surface area contributed by atoms with Gasteiger partial charge in [-0.2, -0.15) is 10.2 Å². The number of fused-ring (bicyclic) bond motifs is 2. The third-order valence-corrected chi connectivity index (χ3v) is 4.65. The van der Waals surface area contributed by atoms with Gasteiger partial charge in [-0.3, -0.25) is 14.8 Å². The number of allylic oxidation sites excluding steroid dienone is 1. The van der Waals surface area contributed by atoms with E-state index in [-0.39, 0.29) is 0 Å². The Balaban J connectivity index is 1.51. The maximum Gasteiger partial charge on any atom is 0.178 e. The number of hydrogen-bond acceptors (Lipinski definition) is 6. The molecule has 144 valence electrons. The molecule has 0 amide bonds. The van der Waals surface area contributed by atoms with Crippen LogP contribution in [0.3, 0.4) is 0 Å². The number of methoxy groups -OCH3 is 1. The van der Waals surface area contributed by atoms with E-state index in [4.69, 9.17) is 4.74 Å². The Bertz CT molecular complexity index is 1130. The van der Waals surface area contributed by atoms with Gasteiger partial charge in [-0.25, -0.2) is 0 Å². The molecule has 0 saturated carbocycles. The zero-order valence-corrected chi connectivity index (χ0v) is 16.0. The molecule has 8 heteroatoms. The lowest BCUT2D eigenvalue weighted by atomic mass is 10.2. The summed E-state index contributed by atoms with van der Waals surface area (Å²) in [6.45, 7) is 4.65. The maximum atomic E-state index is 5.10. The van der Waals surface area contributed by atoms with Crippen molar-refractivity contribution in [1.29, 1.82) is 0 Å². The summed E-state index contributed by atoms with van der Waals surface area (Å²) >= 11 is 0. The van der Waals surface area contributed by atoms with E-state index >= 15 is 0 Å². The molecule has 0 aliphatic rings. The number of H-pyrrole nitrogens is 1. The number of nitrogens with one attached hydrogen (secondary N) is 3. The fourth-order valence-corrected chi connectivity index (χ4v) is 3.14. The molecule has 3 N–H and O–H groups in total. The van der Waals surface area contributed by atoms with Crippen molar-refractivity contribution in [3.63, 3.8) is 0 Å². The van der Waals surface area contributed by atoms with E-state index in [1.54, 1.807) is 13.3 Å². The van der Waals surface area contributed by atoms with Crippen LogP contribution in [0.15, 0.2) is 48.9 Å². The van der Waals surface area contributed by atoms with Gasteiger partial charge in [-0.15, -0.1) is 0 Å². The minimum Gasteiger partial charge on any atom is -0.502 e. The molecule has 8 nitrogen and oxygen atoms in total. The molecule has 0 aliphatic carbocycles. The van der Waals surface area contributed by atoms with Crippen molar-refractivity contribution in [1.82, 2.24) is 25.0 Å². The van der Waals surface area contributed by atoms with E-state index in [2.05, 4.69) is 49.6 Å². The van der Waals surface area contributed by atoms with Crippen molar-refractivity contribution in [3.8, 4) is 0 Å². The first kappa shape index (κ1) is 17.8. The van der Waals surface area contributed by atoms with Crippen molar-refractivity contribution < 1.29 is 4.74 Å². The predicted octanol–water partition coefficient (Wildman–Crippen LogP) is 3.94. The normalized spacial score (nSPS) is 11.1. The van der Waals surface area contributed by atoms with Crippen molar-refractivity contribution >= 4 is 39.3 Å². The number of ether oxygens (including phenoxy) is 1. The van der Waals surface area contributed by atoms with Crippen LogP contribution in [-0.2, 0) is 11.8 Å². The summed E-state index contributed by atoms with van der Waals surface area (Å²) in [6, 6.07) is 9.97. The van der Waals surface area contributed by atoms with Gasteiger partial charge in [0, 0.05) is 37.3 Å². The summed E-state index contributed by atoms with van der Waals surface area (Å²) in [5.41, 5.74) is 3.67. The Morgan fingerprint density at radius 2 is 2.18 bits per heavy atom. The quantitative estimate of drug-likeness (QED) is 0.318. The molecule has 0 radical (unpaired) electrons. The molecule has 0 fully saturated rings. The first-order chi connectivity index (χ1) is 13.7. The van der Waals surface area contributed by atoms with Gasteiger partial charge >= 0.3 is 0 Å². The van der Waals surface area contributed by atoms with Gasteiger partial charge in [-0.05, 0) is 36.8 Å². The van der Waals surface area contributed by atoms with E-state index in [0.29, 0.717) is 5.82 Å². The van der Waals surface area contributed by atoms with Crippen molar-refractivity contribution in [2.45, 2.75) is 12.8 Å². The highest BCUT2D eigenvalue weighted by Crippen LogP contribution is 2.28. The van der Waals surface area contributed by atoms with Crippen LogP contribution in [0, 0.1) is 0 Å². The van der Waals surface area contributed by atoms with Gasteiger partial charge in [0.25, 0.3) is 0 Å². The maximum absolute atomic E-state index is 5.10. The zero-order chi connectivity index (χ0) is 19.5. The van der Waals surface area contributed by atoms with Crippen molar-refractivity contribution in [2.75, 3.05) is 24.3 Å². The molecular formula is C20H23N7O. The van der Waals surface area contributed by atoms with Gasteiger partial charge in [0.1, 0.15) is 5.52 Å². The van der Waals surface area contributed by atoms with E-state index < -0.39 is 0 Å². The summed E-state index contributed by atoms with van der Waals surface area (Å²) in [7, 11) is 3.59. The molecule has 3 heterocycles. The average Bonchev–Trinajstić information content (AvgIpc) is 3.26. The topological polar surface area (TPSA) is 92.7 Å². The largest absolute Gasteiger partial charge is 0.502 e. The summed E-state index contributed by atoms with van der Waals surface area (Å²) in [5.74, 6) is 2.37. The summed E-state index contributed by atoms with van der Waals surface area (Å²) < 4.78 is 6.97. The van der Waals surface area contributed by atoms with Crippen LogP contribution >= 0.6 is 0 Å². The molecule has 0 saturated heterocycles. The second-order valence-electron chi connectivity index (χ2n) is 6.57. The smallest absolute Gasteiger partial charge is 0.178 e.